The third-order valence-electron chi connectivity index (χ3n) is 3.80. The highest BCUT2D eigenvalue weighted by molar-refractivity contribution is 5.58. The maximum atomic E-state index is 14.0. The Kier molecular flexibility index (Phi) is 6.66. The predicted octanol–water partition coefficient (Wildman–Crippen LogP) is 3.80. The van der Waals surface area contributed by atoms with Gasteiger partial charge in [0.2, 0.25) is 0 Å². The number of halogens is 4. The SMILES string of the molecule is CC(C)C[C@@H](CO)NCc1nc(-c2ccc(C(F)(F)F)nc2)ccc1F. The number of nitrogens with one attached hydrogen (secondary N) is 1. The van der Waals surface area contributed by atoms with Crippen molar-refractivity contribution in [3.8, 4) is 11.3 Å². The van der Waals surface area contributed by atoms with Crippen molar-refractivity contribution >= 4 is 0 Å². The van der Waals surface area contributed by atoms with Crippen LogP contribution in [0.2, 0.25) is 0 Å². The van der Waals surface area contributed by atoms with E-state index in [1.807, 2.05) is 13.8 Å². The number of alkyl halides is 3. The molecule has 4 nitrogen and oxygen atoms in total. The van der Waals surface area contributed by atoms with Crippen LogP contribution in [0.15, 0.2) is 30.5 Å². The van der Waals surface area contributed by atoms with E-state index in [0.29, 0.717) is 17.2 Å². The summed E-state index contributed by atoms with van der Waals surface area (Å²) in [5.74, 6) is -0.163. The number of hydrogen-bond donors (Lipinski definition) is 2. The number of aliphatic hydroxyl groups is 1. The minimum absolute atomic E-state index is 0.0810. The number of nitrogens with zero attached hydrogens (tertiary/aromatic N) is 2. The molecule has 0 aliphatic rings. The third kappa shape index (κ3) is 5.47. The first-order valence-electron chi connectivity index (χ1n) is 8.24. The largest absolute Gasteiger partial charge is 0.433 e. The summed E-state index contributed by atoms with van der Waals surface area (Å²) in [4.78, 5) is 7.57. The molecule has 1 atom stereocenters. The summed E-state index contributed by atoms with van der Waals surface area (Å²) < 4.78 is 51.7. The molecule has 2 N–H and O–H groups in total. The van der Waals surface area contributed by atoms with Crippen molar-refractivity contribution in [2.24, 2.45) is 5.92 Å². The maximum Gasteiger partial charge on any atom is 0.433 e. The molecule has 0 aromatic carbocycles. The summed E-state index contributed by atoms with van der Waals surface area (Å²) in [6.45, 7) is 4.05. The topological polar surface area (TPSA) is 58.0 Å². The van der Waals surface area contributed by atoms with Crippen molar-refractivity contribution in [2.75, 3.05) is 6.61 Å². The van der Waals surface area contributed by atoms with Gasteiger partial charge in [0.25, 0.3) is 0 Å². The standard InChI is InChI=1S/C18H21F4N3O/c1-11(2)7-13(10-26)23-9-16-14(19)4-5-15(25-16)12-3-6-17(24-8-12)18(20,21)22/h3-6,8,11,13,23,26H,7,9-10H2,1-2H3/t13-/m0/s1. The Bertz CT molecular complexity index is 717. The minimum Gasteiger partial charge on any atom is -0.395 e. The number of aromatic nitrogens is 2. The molecule has 0 aliphatic carbocycles. The van der Waals surface area contributed by atoms with Crippen molar-refractivity contribution in [2.45, 2.75) is 39.0 Å². The van der Waals surface area contributed by atoms with Gasteiger partial charge in [0, 0.05) is 24.3 Å². The van der Waals surface area contributed by atoms with Crippen LogP contribution in [-0.2, 0) is 12.7 Å². The number of rotatable bonds is 7. The van der Waals surface area contributed by atoms with Gasteiger partial charge >= 0.3 is 6.18 Å². The van der Waals surface area contributed by atoms with E-state index in [0.717, 1.165) is 18.7 Å². The molecule has 0 amide bonds. The van der Waals surface area contributed by atoms with Crippen molar-refractivity contribution in [3.05, 3.63) is 47.7 Å². The monoisotopic (exact) mass is 371 g/mol. The molecule has 0 aliphatic heterocycles. The van der Waals surface area contributed by atoms with Crippen molar-refractivity contribution in [1.82, 2.24) is 15.3 Å². The van der Waals surface area contributed by atoms with Gasteiger partial charge in [-0.25, -0.2) is 9.37 Å². The number of pyridine rings is 2. The van der Waals surface area contributed by atoms with E-state index in [1.54, 1.807) is 0 Å². The van der Waals surface area contributed by atoms with Gasteiger partial charge in [0.15, 0.2) is 0 Å². The highest BCUT2D eigenvalue weighted by atomic mass is 19.4. The van der Waals surface area contributed by atoms with Crippen LogP contribution in [0.3, 0.4) is 0 Å². The zero-order chi connectivity index (χ0) is 19.3. The molecule has 142 valence electrons. The van der Waals surface area contributed by atoms with Crippen LogP contribution >= 0.6 is 0 Å². The highest BCUT2D eigenvalue weighted by Gasteiger charge is 2.32. The lowest BCUT2D eigenvalue weighted by Crippen LogP contribution is -2.33. The van der Waals surface area contributed by atoms with Crippen LogP contribution in [0, 0.1) is 11.7 Å². The fraction of sp³-hybridized carbons (Fsp3) is 0.444. The van der Waals surface area contributed by atoms with E-state index in [4.69, 9.17) is 0 Å². The molecule has 0 bridgehead atoms. The minimum atomic E-state index is -4.51. The van der Waals surface area contributed by atoms with Crippen LogP contribution < -0.4 is 5.32 Å². The van der Waals surface area contributed by atoms with Crippen molar-refractivity contribution in [3.63, 3.8) is 0 Å². The number of hydrogen-bond acceptors (Lipinski definition) is 4. The average molecular weight is 371 g/mol. The van der Waals surface area contributed by atoms with Crippen molar-refractivity contribution in [1.29, 1.82) is 0 Å². The molecule has 2 rings (SSSR count). The highest BCUT2D eigenvalue weighted by Crippen LogP contribution is 2.28. The molecule has 0 fully saturated rings. The summed E-state index contributed by atoms with van der Waals surface area (Å²) >= 11 is 0. The molecule has 0 saturated heterocycles. The molecule has 0 saturated carbocycles. The Hall–Kier alpha value is -2.06. The Morgan fingerprint density at radius 1 is 1.15 bits per heavy atom. The fourth-order valence-corrected chi connectivity index (χ4v) is 2.51. The van der Waals surface area contributed by atoms with Gasteiger partial charge in [-0.1, -0.05) is 13.8 Å². The van der Waals surface area contributed by atoms with Gasteiger partial charge in [0.1, 0.15) is 11.5 Å². The first-order chi connectivity index (χ1) is 12.2. The molecular formula is C18H21F4N3O. The molecule has 2 heterocycles. The maximum absolute atomic E-state index is 14.0. The van der Waals surface area contributed by atoms with Gasteiger partial charge in [-0.3, -0.25) is 4.98 Å². The molecule has 8 heteroatoms. The quantitative estimate of drug-likeness (QED) is 0.727. The normalized spacial score (nSPS) is 13.2. The molecule has 0 radical (unpaired) electrons. The Morgan fingerprint density at radius 2 is 1.88 bits per heavy atom. The van der Waals surface area contributed by atoms with E-state index in [9.17, 15) is 22.7 Å². The van der Waals surface area contributed by atoms with E-state index < -0.39 is 17.7 Å². The van der Waals surface area contributed by atoms with Crippen molar-refractivity contribution < 1.29 is 22.7 Å². The van der Waals surface area contributed by atoms with E-state index in [2.05, 4.69) is 15.3 Å². The van der Waals surface area contributed by atoms with E-state index in [1.165, 1.54) is 18.2 Å². The lowest BCUT2D eigenvalue weighted by molar-refractivity contribution is -0.141. The summed E-state index contributed by atoms with van der Waals surface area (Å²) in [6, 6.07) is 4.53. The van der Waals surface area contributed by atoms with Crippen LogP contribution in [0.4, 0.5) is 17.6 Å². The fourth-order valence-electron chi connectivity index (χ4n) is 2.51. The van der Waals surface area contributed by atoms with Crippen LogP contribution in [-0.4, -0.2) is 27.7 Å². The second kappa shape index (κ2) is 8.55. The Labute approximate surface area is 149 Å². The van der Waals surface area contributed by atoms with Gasteiger partial charge < -0.3 is 10.4 Å². The molecule has 0 spiro atoms. The lowest BCUT2D eigenvalue weighted by atomic mass is 10.0. The van der Waals surface area contributed by atoms with Gasteiger partial charge in [-0.2, -0.15) is 13.2 Å². The Balaban J connectivity index is 2.16. The zero-order valence-electron chi connectivity index (χ0n) is 14.5. The molecule has 2 aromatic heterocycles. The number of aliphatic hydroxyl groups excluding tert-OH is 1. The average Bonchev–Trinajstić information content (AvgIpc) is 2.59. The lowest BCUT2D eigenvalue weighted by Gasteiger charge is -2.18. The summed E-state index contributed by atoms with van der Waals surface area (Å²) in [7, 11) is 0. The summed E-state index contributed by atoms with van der Waals surface area (Å²) in [6.07, 6.45) is -2.73. The van der Waals surface area contributed by atoms with E-state index >= 15 is 0 Å². The van der Waals surface area contributed by atoms with Crippen LogP contribution in [0.1, 0.15) is 31.7 Å². The first kappa shape index (κ1) is 20.3. The van der Waals surface area contributed by atoms with E-state index in [-0.39, 0.29) is 24.9 Å². The molecular weight excluding hydrogens is 350 g/mol. The first-order valence-corrected chi connectivity index (χ1v) is 8.24. The smallest absolute Gasteiger partial charge is 0.395 e. The second-order valence-electron chi connectivity index (χ2n) is 6.44. The Morgan fingerprint density at radius 3 is 2.42 bits per heavy atom. The third-order valence-corrected chi connectivity index (χ3v) is 3.80. The molecule has 2 aromatic rings. The molecule has 0 unspecified atom stereocenters. The molecule has 26 heavy (non-hydrogen) atoms. The summed E-state index contributed by atoms with van der Waals surface area (Å²) in [5, 5.41) is 12.4. The second-order valence-corrected chi connectivity index (χ2v) is 6.44. The van der Waals surface area contributed by atoms with Crippen LogP contribution in [0.5, 0.6) is 0 Å². The summed E-state index contributed by atoms with van der Waals surface area (Å²) in [5.41, 5.74) is -0.177. The van der Waals surface area contributed by atoms with Gasteiger partial charge in [0.05, 0.1) is 18.0 Å². The van der Waals surface area contributed by atoms with Gasteiger partial charge in [-0.05, 0) is 36.6 Å². The predicted molar refractivity (Wildman–Crippen MR) is 89.6 cm³/mol. The van der Waals surface area contributed by atoms with Gasteiger partial charge in [-0.15, -0.1) is 0 Å². The zero-order valence-corrected chi connectivity index (χ0v) is 14.5. The van der Waals surface area contributed by atoms with Crippen LogP contribution in [0.25, 0.3) is 11.3 Å².